The second-order valence-corrected chi connectivity index (χ2v) is 4.15. The normalized spacial score (nSPS) is 11.6. The highest BCUT2D eigenvalue weighted by Crippen LogP contribution is 2.05. The van der Waals surface area contributed by atoms with Crippen molar-refractivity contribution in [3.63, 3.8) is 0 Å². The maximum absolute atomic E-state index is 11.4. The fraction of sp³-hybridized carbons (Fsp3) is 0.455. The number of nitrogens with zero attached hydrogens (tertiary/aromatic N) is 1. The molecule has 0 amide bonds. The van der Waals surface area contributed by atoms with Crippen molar-refractivity contribution in [1.29, 1.82) is 0 Å². The lowest BCUT2D eigenvalue weighted by Gasteiger charge is -2.03. The first-order chi connectivity index (χ1) is 7.60. The van der Waals surface area contributed by atoms with Crippen molar-refractivity contribution in [2.24, 2.45) is 0 Å². The summed E-state index contributed by atoms with van der Waals surface area (Å²) in [5.74, 6) is -0.330. The van der Waals surface area contributed by atoms with E-state index in [0.717, 1.165) is 5.69 Å². The topological polar surface area (TPSA) is 48.3 Å². The molecular weight excluding hydrogens is 226 g/mol. The fourth-order valence-corrected chi connectivity index (χ4v) is 2.07. The Bertz CT molecular complexity index is 456. The number of ether oxygens (including phenoxy) is 1. The van der Waals surface area contributed by atoms with Crippen molar-refractivity contribution >= 4 is 17.3 Å². The summed E-state index contributed by atoms with van der Waals surface area (Å²) in [6, 6.07) is 0. The van der Waals surface area contributed by atoms with Gasteiger partial charge in [0, 0.05) is 23.2 Å². The van der Waals surface area contributed by atoms with E-state index in [9.17, 15) is 9.59 Å². The molecule has 0 spiro atoms. The number of esters is 1. The molecular formula is C11H15NO3S. The van der Waals surface area contributed by atoms with Gasteiger partial charge in [-0.25, -0.2) is 4.79 Å². The van der Waals surface area contributed by atoms with Gasteiger partial charge in [-0.2, -0.15) is 0 Å². The molecule has 16 heavy (non-hydrogen) atoms. The summed E-state index contributed by atoms with van der Waals surface area (Å²) >= 11 is 1.17. The molecule has 0 N–H and O–H groups in total. The molecule has 0 fully saturated rings. The Labute approximate surface area is 98.2 Å². The van der Waals surface area contributed by atoms with Crippen LogP contribution < -0.4 is 4.87 Å². The Kier molecular flexibility index (Phi) is 4.49. The number of allylic oxidation sites excluding steroid dienone is 1. The molecule has 1 aromatic rings. The molecule has 0 saturated heterocycles. The van der Waals surface area contributed by atoms with E-state index in [0.29, 0.717) is 18.5 Å². The third-order valence-electron chi connectivity index (χ3n) is 2.33. The molecule has 0 atom stereocenters. The number of carbonyl (C=O) groups excluding carboxylic acids is 1. The molecule has 5 heteroatoms. The van der Waals surface area contributed by atoms with Crippen LogP contribution in [0.15, 0.2) is 21.8 Å². The van der Waals surface area contributed by atoms with Crippen molar-refractivity contribution in [2.45, 2.75) is 26.8 Å². The summed E-state index contributed by atoms with van der Waals surface area (Å²) in [4.78, 5) is 22.7. The van der Waals surface area contributed by atoms with Crippen molar-refractivity contribution in [3.05, 3.63) is 32.4 Å². The molecule has 1 heterocycles. The van der Waals surface area contributed by atoms with Crippen LogP contribution in [0.4, 0.5) is 0 Å². The number of thiazole rings is 1. The van der Waals surface area contributed by atoms with Crippen molar-refractivity contribution in [1.82, 2.24) is 4.57 Å². The van der Waals surface area contributed by atoms with E-state index in [1.807, 2.05) is 13.8 Å². The molecule has 0 aromatic carbocycles. The fourth-order valence-electron chi connectivity index (χ4n) is 1.33. The maximum Gasteiger partial charge on any atom is 0.333 e. The number of aryl methyl sites for hydroxylation is 1. The minimum atomic E-state index is -0.330. The number of aromatic nitrogens is 1. The van der Waals surface area contributed by atoms with Gasteiger partial charge in [0.1, 0.15) is 0 Å². The predicted octanol–water partition coefficient (Wildman–Crippen LogP) is 1.73. The predicted molar refractivity (Wildman–Crippen MR) is 63.7 cm³/mol. The van der Waals surface area contributed by atoms with E-state index in [-0.39, 0.29) is 10.8 Å². The van der Waals surface area contributed by atoms with Gasteiger partial charge in [0.25, 0.3) is 0 Å². The van der Waals surface area contributed by atoms with Gasteiger partial charge >= 0.3 is 10.8 Å². The number of methoxy groups -OCH3 is 1. The Hall–Kier alpha value is -1.36. The van der Waals surface area contributed by atoms with Crippen LogP contribution in [-0.2, 0) is 16.1 Å². The van der Waals surface area contributed by atoms with Gasteiger partial charge in [-0.15, -0.1) is 0 Å². The standard InChI is InChI=1S/C11H15NO3S/c1-4-9(10(13)15-3)5-6-12-8(2)7-16-11(12)14/h5,7H,4,6H2,1-3H3. The first-order valence-corrected chi connectivity index (χ1v) is 5.90. The molecule has 0 unspecified atom stereocenters. The van der Waals surface area contributed by atoms with Gasteiger partial charge in [0.15, 0.2) is 0 Å². The lowest BCUT2D eigenvalue weighted by atomic mass is 10.2. The van der Waals surface area contributed by atoms with E-state index < -0.39 is 0 Å². The van der Waals surface area contributed by atoms with Crippen LogP contribution in [-0.4, -0.2) is 17.6 Å². The maximum atomic E-state index is 11.4. The van der Waals surface area contributed by atoms with Gasteiger partial charge < -0.3 is 4.74 Å². The second-order valence-electron chi connectivity index (χ2n) is 3.33. The average molecular weight is 241 g/mol. The molecule has 0 saturated carbocycles. The molecule has 0 radical (unpaired) electrons. The molecule has 0 bridgehead atoms. The first kappa shape index (κ1) is 12.7. The highest BCUT2D eigenvalue weighted by molar-refractivity contribution is 7.07. The Morgan fingerprint density at radius 1 is 1.62 bits per heavy atom. The van der Waals surface area contributed by atoms with Crippen LogP contribution in [0.5, 0.6) is 0 Å². The van der Waals surface area contributed by atoms with E-state index >= 15 is 0 Å². The molecule has 0 aliphatic carbocycles. The summed E-state index contributed by atoms with van der Waals surface area (Å²) in [6.07, 6.45) is 2.34. The Morgan fingerprint density at radius 3 is 2.75 bits per heavy atom. The van der Waals surface area contributed by atoms with E-state index in [2.05, 4.69) is 4.74 Å². The largest absolute Gasteiger partial charge is 0.466 e. The van der Waals surface area contributed by atoms with E-state index in [4.69, 9.17) is 0 Å². The van der Waals surface area contributed by atoms with Gasteiger partial charge in [-0.1, -0.05) is 24.3 Å². The first-order valence-electron chi connectivity index (χ1n) is 5.02. The zero-order valence-electron chi connectivity index (χ0n) is 9.65. The third-order valence-corrected chi connectivity index (χ3v) is 3.21. The average Bonchev–Trinajstić information content (AvgIpc) is 2.60. The zero-order chi connectivity index (χ0) is 12.1. The molecule has 88 valence electrons. The molecule has 1 aromatic heterocycles. The van der Waals surface area contributed by atoms with Crippen LogP contribution in [0.25, 0.3) is 0 Å². The van der Waals surface area contributed by atoms with Crippen LogP contribution in [0, 0.1) is 6.92 Å². The molecule has 1 rings (SSSR count). The summed E-state index contributed by atoms with van der Waals surface area (Å²) in [5, 5.41) is 1.81. The smallest absolute Gasteiger partial charge is 0.333 e. The molecule has 0 aliphatic rings. The summed E-state index contributed by atoms with van der Waals surface area (Å²) < 4.78 is 6.27. The van der Waals surface area contributed by atoms with Gasteiger partial charge in [-0.05, 0) is 13.3 Å². The summed E-state index contributed by atoms with van der Waals surface area (Å²) in [5.41, 5.74) is 1.51. The molecule has 4 nitrogen and oxygen atoms in total. The minimum Gasteiger partial charge on any atom is -0.466 e. The van der Waals surface area contributed by atoms with Crippen LogP contribution >= 0.6 is 11.3 Å². The number of carbonyl (C=O) groups is 1. The third kappa shape index (κ3) is 2.82. The highest BCUT2D eigenvalue weighted by atomic mass is 32.1. The second kappa shape index (κ2) is 5.65. The van der Waals surface area contributed by atoms with Crippen molar-refractivity contribution < 1.29 is 9.53 Å². The number of hydrogen-bond acceptors (Lipinski definition) is 4. The van der Waals surface area contributed by atoms with Crippen LogP contribution in [0.2, 0.25) is 0 Å². The monoisotopic (exact) mass is 241 g/mol. The highest BCUT2D eigenvalue weighted by Gasteiger charge is 2.07. The van der Waals surface area contributed by atoms with Gasteiger partial charge in [0.2, 0.25) is 0 Å². The van der Waals surface area contributed by atoms with Crippen LogP contribution in [0.1, 0.15) is 19.0 Å². The lowest BCUT2D eigenvalue weighted by molar-refractivity contribution is -0.136. The Morgan fingerprint density at radius 2 is 2.31 bits per heavy atom. The van der Waals surface area contributed by atoms with E-state index in [1.165, 1.54) is 18.4 Å². The van der Waals surface area contributed by atoms with Gasteiger partial charge in [0.05, 0.1) is 7.11 Å². The van der Waals surface area contributed by atoms with Gasteiger partial charge in [-0.3, -0.25) is 9.36 Å². The number of hydrogen-bond donors (Lipinski definition) is 0. The summed E-state index contributed by atoms with van der Waals surface area (Å²) in [7, 11) is 1.36. The van der Waals surface area contributed by atoms with Crippen molar-refractivity contribution in [3.8, 4) is 0 Å². The van der Waals surface area contributed by atoms with Crippen molar-refractivity contribution in [2.75, 3.05) is 7.11 Å². The Balaban J connectivity index is 2.86. The zero-order valence-corrected chi connectivity index (χ0v) is 10.5. The SMILES string of the molecule is CCC(=CCn1c(C)csc1=O)C(=O)OC. The van der Waals surface area contributed by atoms with Crippen LogP contribution in [0.3, 0.4) is 0 Å². The quantitative estimate of drug-likeness (QED) is 0.596. The molecule has 0 aliphatic heterocycles. The minimum absolute atomic E-state index is 0.00549. The van der Waals surface area contributed by atoms with E-state index in [1.54, 1.807) is 16.0 Å². The summed E-state index contributed by atoms with van der Waals surface area (Å²) in [6.45, 7) is 4.17. The lowest BCUT2D eigenvalue weighted by Crippen LogP contribution is -2.14. The number of rotatable bonds is 4.